The summed E-state index contributed by atoms with van der Waals surface area (Å²) in [6.07, 6.45) is 2.71. The van der Waals surface area contributed by atoms with Crippen LogP contribution >= 0.6 is 0 Å². The van der Waals surface area contributed by atoms with E-state index in [0.29, 0.717) is 12.1 Å². The topological polar surface area (TPSA) is 87.7 Å². The van der Waals surface area contributed by atoms with Crippen LogP contribution in [0, 0.1) is 19.8 Å². The smallest absolute Gasteiger partial charge is 0.408 e. The molecule has 0 bridgehead atoms. The Morgan fingerprint density at radius 3 is 2.29 bits per heavy atom. The number of alkyl carbamates (subject to hydrolysis) is 1. The Kier molecular flexibility index (Phi) is 11.3. The highest BCUT2D eigenvalue weighted by Crippen LogP contribution is 2.26. The second-order valence-corrected chi connectivity index (χ2v) is 10.0. The van der Waals surface area contributed by atoms with E-state index in [1.54, 1.807) is 26.8 Å². The molecule has 0 saturated heterocycles. The number of ether oxygens (including phenoxy) is 1. The van der Waals surface area contributed by atoms with E-state index in [1.807, 2.05) is 45.9 Å². The molecule has 1 rings (SSSR count). The summed E-state index contributed by atoms with van der Waals surface area (Å²) < 4.78 is 5.37. The first kappa shape index (κ1) is 29.2. The summed E-state index contributed by atoms with van der Waals surface area (Å²) in [5.74, 6) is -0.850. The second-order valence-electron chi connectivity index (χ2n) is 10.0. The lowest BCUT2D eigenvalue weighted by atomic mass is 9.96. The Morgan fingerprint density at radius 2 is 1.79 bits per heavy atom. The minimum Gasteiger partial charge on any atom is -0.444 e. The van der Waals surface area contributed by atoms with Gasteiger partial charge in [0.15, 0.2) is 0 Å². The molecule has 3 amide bonds. The number of hydrogen-bond acceptors (Lipinski definition) is 4. The van der Waals surface area contributed by atoms with Crippen LogP contribution in [0.25, 0.3) is 0 Å². The quantitative estimate of drug-likeness (QED) is 0.356. The number of unbranched alkanes of at least 4 members (excludes halogenated alkanes) is 1. The molecule has 0 spiro atoms. The van der Waals surface area contributed by atoms with Crippen molar-refractivity contribution in [3.63, 3.8) is 0 Å². The van der Waals surface area contributed by atoms with Crippen molar-refractivity contribution in [3.05, 3.63) is 47.5 Å². The van der Waals surface area contributed by atoms with Gasteiger partial charge in [-0.15, -0.1) is 6.58 Å². The molecule has 7 heteroatoms. The highest BCUT2D eigenvalue weighted by molar-refractivity contribution is 5.92. The molecule has 0 radical (unpaired) electrons. The van der Waals surface area contributed by atoms with Crippen LogP contribution in [-0.2, 0) is 14.3 Å². The molecule has 2 atom stereocenters. The highest BCUT2D eigenvalue weighted by atomic mass is 16.6. The number of rotatable bonds is 11. The van der Waals surface area contributed by atoms with Crippen molar-refractivity contribution in [2.24, 2.45) is 5.92 Å². The number of amides is 3. The summed E-state index contributed by atoms with van der Waals surface area (Å²) in [6.45, 7) is 19.5. The van der Waals surface area contributed by atoms with E-state index in [9.17, 15) is 14.4 Å². The Labute approximate surface area is 205 Å². The first-order valence-corrected chi connectivity index (χ1v) is 12.1. The van der Waals surface area contributed by atoms with Crippen molar-refractivity contribution in [1.29, 1.82) is 0 Å². The fourth-order valence-corrected chi connectivity index (χ4v) is 3.48. The van der Waals surface area contributed by atoms with Crippen molar-refractivity contribution in [2.45, 2.75) is 85.9 Å². The number of carbonyl (C=O) groups excluding carboxylic acids is 3. The molecule has 0 aliphatic rings. The summed E-state index contributed by atoms with van der Waals surface area (Å²) in [5, 5.41) is 5.68. The molecular weight excluding hydrogens is 430 g/mol. The summed E-state index contributed by atoms with van der Waals surface area (Å²) in [4.78, 5) is 41.2. The van der Waals surface area contributed by atoms with E-state index in [1.165, 1.54) is 4.90 Å². The zero-order chi connectivity index (χ0) is 26.1. The summed E-state index contributed by atoms with van der Waals surface area (Å²) >= 11 is 0. The zero-order valence-corrected chi connectivity index (χ0v) is 22.2. The molecule has 2 N–H and O–H groups in total. The molecule has 0 fully saturated rings. The third-order valence-electron chi connectivity index (χ3n) is 5.45. The number of benzene rings is 1. The van der Waals surface area contributed by atoms with Gasteiger partial charge in [0, 0.05) is 13.1 Å². The van der Waals surface area contributed by atoms with Crippen LogP contribution in [0.3, 0.4) is 0 Å². The third kappa shape index (κ3) is 8.84. The summed E-state index contributed by atoms with van der Waals surface area (Å²) in [5.41, 5.74) is 2.15. The van der Waals surface area contributed by atoms with Gasteiger partial charge in [0.2, 0.25) is 11.8 Å². The van der Waals surface area contributed by atoms with Crippen LogP contribution in [0.15, 0.2) is 30.9 Å². The monoisotopic (exact) mass is 473 g/mol. The lowest BCUT2D eigenvalue weighted by Gasteiger charge is -2.35. The minimum absolute atomic E-state index is 0.150. The largest absolute Gasteiger partial charge is 0.444 e. The average Bonchev–Trinajstić information content (AvgIpc) is 2.72. The van der Waals surface area contributed by atoms with Gasteiger partial charge in [0.25, 0.3) is 0 Å². The Bertz CT molecular complexity index is 858. The lowest BCUT2D eigenvalue weighted by Crippen LogP contribution is -2.55. The number of nitrogens with one attached hydrogen (secondary N) is 2. The number of aryl methyl sites for hydroxylation is 2. The highest BCUT2D eigenvalue weighted by Gasteiger charge is 2.37. The van der Waals surface area contributed by atoms with E-state index in [0.717, 1.165) is 24.0 Å². The van der Waals surface area contributed by atoms with Gasteiger partial charge in [-0.3, -0.25) is 9.59 Å². The third-order valence-corrected chi connectivity index (χ3v) is 5.45. The van der Waals surface area contributed by atoms with Gasteiger partial charge >= 0.3 is 6.09 Å². The van der Waals surface area contributed by atoms with Crippen LogP contribution in [0.5, 0.6) is 0 Å². The first-order chi connectivity index (χ1) is 15.8. The van der Waals surface area contributed by atoms with Crippen molar-refractivity contribution < 1.29 is 19.1 Å². The van der Waals surface area contributed by atoms with Gasteiger partial charge in [-0.05, 0) is 63.6 Å². The van der Waals surface area contributed by atoms with Gasteiger partial charge in [-0.25, -0.2) is 4.79 Å². The molecule has 34 heavy (non-hydrogen) atoms. The van der Waals surface area contributed by atoms with Crippen LogP contribution in [0.1, 0.15) is 77.1 Å². The van der Waals surface area contributed by atoms with Crippen molar-refractivity contribution in [2.75, 3.05) is 13.1 Å². The van der Waals surface area contributed by atoms with E-state index in [4.69, 9.17) is 4.74 Å². The number of nitrogens with zero attached hydrogens (tertiary/aromatic N) is 1. The van der Waals surface area contributed by atoms with Gasteiger partial charge < -0.3 is 20.3 Å². The van der Waals surface area contributed by atoms with Crippen molar-refractivity contribution in [3.8, 4) is 0 Å². The normalized spacial score (nSPS) is 13.1. The second kappa shape index (κ2) is 13.2. The molecule has 2 unspecified atom stereocenters. The zero-order valence-electron chi connectivity index (χ0n) is 22.2. The van der Waals surface area contributed by atoms with Gasteiger partial charge in [0.05, 0.1) is 0 Å². The minimum atomic E-state index is -0.868. The van der Waals surface area contributed by atoms with Gasteiger partial charge in [0.1, 0.15) is 17.7 Å². The van der Waals surface area contributed by atoms with Crippen LogP contribution < -0.4 is 10.6 Å². The molecule has 1 aromatic carbocycles. The van der Waals surface area contributed by atoms with Gasteiger partial charge in [-0.2, -0.15) is 0 Å². The standard InChI is InChI=1S/C27H43N3O4/c1-10-12-15-28-24(31)23(21-14-13-19(5)20(6)17-21)30(16-11-2)25(32)22(18(3)4)29-26(33)34-27(7,8)9/h11,13-14,17-18,22-23H,2,10,12,15-16H2,1,3-9H3,(H,28,31)(H,29,33). The predicted octanol–water partition coefficient (Wildman–Crippen LogP) is 4.82. The predicted molar refractivity (Wildman–Crippen MR) is 136 cm³/mol. The fourth-order valence-electron chi connectivity index (χ4n) is 3.48. The number of hydrogen-bond donors (Lipinski definition) is 2. The molecular formula is C27H43N3O4. The maximum Gasteiger partial charge on any atom is 0.408 e. The van der Waals surface area contributed by atoms with E-state index in [-0.39, 0.29) is 24.3 Å². The molecule has 0 saturated carbocycles. The SMILES string of the molecule is C=CCN(C(=O)C(NC(=O)OC(C)(C)C)C(C)C)C(C(=O)NCCCC)c1ccc(C)c(C)c1. The van der Waals surface area contributed by atoms with E-state index in [2.05, 4.69) is 24.1 Å². The molecule has 0 aromatic heterocycles. The van der Waals surface area contributed by atoms with E-state index < -0.39 is 23.8 Å². The van der Waals surface area contributed by atoms with Crippen molar-refractivity contribution >= 4 is 17.9 Å². The Hall–Kier alpha value is -2.83. The van der Waals surface area contributed by atoms with Crippen LogP contribution in [-0.4, -0.2) is 47.5 Å². The average molecular weight is 474 g/mol. The summed E-state index contributed by atoms with van der Waals surface area (Å²) in [7, 11) is 0. The van der Waals surface area contributed by atoms with E-state index >= 15 is 0 Å². The fraction of sp³-hybridized carbons (Fsp3) is 0.593. The Balaban J connectivity index is 3.41. The number of carbonyl (C=O) groups is 3. The molecule has 190 valence electrons. The lowest BCUT2D eigenvalue weighted by molar-refractivity contribution is -0.142. The molecule has 0 heterocycles. The molecule has 1 aromatic rings. The first-order valence-electron chi connectivity index (χ1n) is 12.1. The van der Waals surface area contributed by atoms with Crippen molar-refractivity contribution in [1.82, 2.24) is 15.5 Å². The van der Waals surface area contributed by atoms with Gasteiger partial charge in [-0.1, -0.05) is 51.5 Å². The molecule has 0 aliphatic heterocycles. The maximum absolute atomic E-state index is 13.8. The summed E-state index contributed by atoms with van der Waals surface area (Å²) in [6, 6.07) is 4.04. The molecule has 7 nitrogen and oxygen atoms in total. The van der Waals surface area contributed by atoms with Crippen LogP contribution in [0.4, 0.5) is 4.79 Å². The molecule has 0 aliphatic carbocycles. The Morgan fingerprint density at radius 1 is 1.15 bits per heavy atom. The maximum atomic E-state index is 13.8. The van der Waals surface area contributed by atoms with Crippen LogP contribution in [0.2, 0.25) is 0 Å².